The molecule has 110 valence electrons. The summed E-state index contributed by atoms with van der Waals surface area (Å²) in [6.07, 6.45) is 6.21. The number of rotatable bonds is 3. The molecule has 3 heteroatoms. The van der Waals surface area contributed by atoms with Crippen molar-refractivity contribution < 1.29 is 0 Å². The summed E-state index contributed by atoms with van der Waals surface area (Å²) in [5.74, 6) is 2.74. The highest BCUT2D eigenvalue weighted by Gasteiger charge is 2.27. The molecule has 0 bridgehead atoms. The van der Waals surface area contributed by atoms with Gasteiger partial charge in [-0.2, -0.15) is 0 Å². The Labute approximate surface area is 122 Å². The number of aromatic nitrogens is 1. The van der Waals surface area contributed by atoms with Gasteiger partial charge < -0.3 is 10.6 Å². The van der Waals surface area contributed by atoms with Crippen LogP contribution < -0.4 is 10.6 Å². The Morgan fingerprint density at radius 1 is 1.35 bits per heavy atom. The summed E-state index contributed by atoms with van der Waals surface area (Å²) >= 11 is 0. The zero-order valence-electron chi connectivity index (χ0n) is 12.9. The van der Waals surface area contributed by atoms with E-state index in [0.29, 0.717) is 6.54 Å². The number of hydrogen-bond acceptors (Lipinski definition) is 3. The van der Waals surface area contributed by atoms with Gasteiger partial charge in [0.05, 0.1) is 0 Å². The quantitative estimate of drug-likeness (QED) is 0.920. The Morgan fingerprint density at radius 3 is 2.85 bits per heavy atom. The lowest BCUT2D eigenvalue weighted by atomic mass is 9.94. The van der Waals surface area contributed by atoms with Crippen LogP contribution in [0.3, 0.4) is 0 Å². The Hall–Kier alpha value is -1.09. The Bertz CT molecular complexity index is 481. The fourth-order valence-corrected chi connectivity index (χ4v) is 3.62. The molecule has 3 rings (SSSR count). The lowest BCUT2D eigenvalue weighted by Crippen LogP contribution is -2.25. The highest BCUT2D eigenvalue weighted by atomic mass is 15.2. The van der Waals surface area contributed by atoms with Crippen molar-refractivity contribution in [1.82, 2.24) is 4.98 Å². The predicted octanol–water partition coefficient (Wildman–Crippen LogP) is 2.90. The SMILES string of the molecule is CC(C)C1CCN(c2nc3c(cc2CN)CCCC3)C1. The number of fused-ring (bicyclic) bond motifs is 1. The second-order valence-electron chi connectivity index (χ2n) is 6.73. The van der Waals surface area contributed by atoms with Crippen molar-refractivity contribution in [2.45, 2.75) is 52.5 Å². The summed E-state index contributed by atoms with van der Waals surface area (Å²) in [4.78, 5) is 7.48. The smallest absolute Gasteiger partial charge is 0.133 e. The molecule has 1 unspecified atom stereocenters. The van der Waals surface area contributed by atoms with Crippen LogP contribution in [0.1, 0.15) is 49.9 Å². The summed E-state index contributed by atoms with van der Waals surface area (Å²) in [6, 6.07) is 2.33. The van der Waals surface area contributed by atoms with Gasteiger partial charge in [0.1, 0.15) is 5.82 Å². The molecule has 20 heavy (non-hydrogen) atoms. The number of nitrogens with two attached hydrogens (primary N) is 1. The van der Waals surface area contributed by atoms with Crippen LogP contribution in [-0.2, 0) is 19.4 Å². The molecule has 0 radical (unpaired) electrons. The minimum Gasteiger partial charge on any atom is -0.356 e. The van der Waals surface area contributed by atoms with E-state index in [9.17, 15) is 0 Å². The number of anilines is 1. The summed E-state index contributed by atoms with van der Waals surface area (Å²) in [6.45, 7) is 7.56. The minimum atomic E-state index is 0.610. The average molecular weight is 273 g/mol. The van der Waals surface area contributed by atoms with Crippen LogP contribution in [0.2, 0.25) is 0 Å². The van der Waals surface area contributed by atoms with Gasteiger partial charge in [0.25, 0.3) is 0 Å². The molecule has 1 aromatic rings. The van der Waals surface area contributed by atoms with Gasteiger partial charge >= 0.3 is 0 Å². The summed E-state index contributed by atoms with van der Waals surface area (Å²) in [5, 5.41) is 0. The van der Waals surface area contributed by atoms with Crippen molar-refractivity contribution in [3.05, 3.63) is 22.9 Å². The van der Waals surface area contributed by atoms with Gasteiger partial charge in [0.15, 0.2) is 0 Å². The van der Waals surface area contributed by atoms with Crippen LogP contribution in [-0.4, -0.2) is 18.1 Å². The fraction of sp³-hybridized carbons (Fsp3) is 0.706. The zero-order valence-corrected chi connectivity index (χ0v) is 12.9. The van der Waals surface area contributed by atoms with E-state index in [0.717, 1.165) is 31.3 Å². The maximum absolute atomic E-state index is 5.98. The average Bonchev–Trinajstić information content (AvgIpc) is 2.95. The van der Waals surface area contributed by atoms with E-state index < -0.39 is 0 Å². The number of pyridine rings is 1. The fourth-order valence-electron chi connectivity index (χ4n) is 3.62. The van der Waals surface area contributed by atoms with Gasteiger partial charge in [-0.1, -0.05) is 13.8 Å². The topological polar surface area (TPSA) is 42.2 Å². The van der Waals surface area contributed by atoms with Crippen molar-refractivity contribution in [3.63, 3.8) is 0 Å². The first-order valence-corrected chi connectivity index (χ1v) is 8.15. The highest BCUT2D eigenvalue weighted by molar-refractivity contribution is 5.51. The van der Waals surface area contributed by atoms with Crippen molar-refractivity contribution in [2.75, 3.05) is 18.0 Å². The number of nitrogens with zero attached hydrogens (tertiary/aromatic N) is 2. The second kappa shape index (κ2) is 5.72. The van der Waals surface area contributed by atoms with E-state index in [4.69, 9.17) is 10.7 Å². The van der Waals surface area contributed by atoms with Crippen molar-refractivity contribution in [2.24, 2.45) is 17.6 Å². The molecule has 1 aliphatic heterocycles. The molecule has 1 aliphatic carbocycles. The maximum atomic E-state index is 5.98. The minimum absolute atomic E-state index is 0.610. The third-order valence-electron chi connectivity index (χ3n) is 5.04. The summed E-state index contributed by atoms with van der Waals surface area (Å²) in [7, 11) is 0. The summed E-state index contributed by atoms with van der Waals surface area (Å²) in [5.41, 5.74) is 10.00. The molecule has 0 amide bonds. The molecule has 0 aromatic carbocycles. The molecule has 1 fully saturated rings. The molecule has 2 heterocycles. The van der Waals surface area contributed by atoms with E-state index in [1.54, 1.807) is 0 Å². The largest absolute Gasteiger partial charge is 0.356 e. The predicted molar refractivity (Wildman–Crippen MR) is 83.9 cm³/mol. The standard InChI is InChI=1S/C17H27N3/c1-12(2)14-7-8-20(11-14)17-15(10-18)9-13-5-3-4-6-16(13)19-17/h9,12,14H,3-8,10-11,18H2,1-2H3. The normalized spacial score (nSPS) is 22.4. The third kappa shape index (κ3) is 2.56. The van der Waals surface area contributed by atoms with Crippen LogP contribution in [0.4, 0.5) is 5.82 Å². The first kappa shape index (κ1) is 13.9. The van der Waals surface area contributed by atoms with Crippen LogP contribution in [0.25, 0.3) is 0 Å². The van der Waals surface area contributed by atoms with Gasteiger partial charge in [0.2, 0.25) is 0 Å². The van der Waals surface area contributed by atoms with Gasteiger partial charge in [-0.3, -0.25) is 0 Å². The first-order valence-electron chi connectivity index (χ1n) is 8.15. The van der Waals surface area contributed by atoms with Crippen molar-refractivity contribution in [1.29, 1.82) is 0 Å². The third-order valence-corrected chi connectivity index (χ3v) is 5.04. The van der Waals surface area contributed by atoms with E-state index in [2.05, 4.69) is 24.8 Å². The highest BCUT2D eigenvalue weighted by Crippen LogP contribution is 2.31. The number of hydrogen-bond donors (Lipinski definition) is 1. The Balaban J connectivity index is 1.89. The lowest BCUT2D eigenvalue weighted by molar-refractivity contribution is 0.422. The summed E-state index contributed by atoms with van der Waals surface area (Å²) < 4.78 is 0. The van der Waals surface area contributed by atoms with Crippen LogP contribution >= 0.6 is 0 Å². The molecule has 1 saturated heterocycles. The van der Waals surface area contributed by atoms with E-state index in [1.165, 1.54) is 48.3 Å². The van der Waals surface area contributed by atoms with Gasteiger partial charge in [0, 0.05) is 30.9 Å². The molecule has 0 saturated carbocycles. The van der Waals surface area contributed by atoms with Crippen LogP contribution in [0.5, 0.6) is 0 Å². The molecule has 2 aliphatic rings. The molecule has 1 aromatic heterocycles. The second-order valence-corrected chi connectivity index (χ2v) is 6.73. The maximum Gasteiger partial charge on any atom is 0.133 e. The van der Waals surface area contributed by atoms with E-state index >= 15 is 0 Å². The first-order chi connectivity index (χ1) is 9.69. The van der Waals surface area contributed by atoms with Gasteiger partial charge in [-0.05, 0) is 55.6 Å². The molecule has 2 N–H and O–H groups in total. The molecular weight excluding hydrogens is 246 g/mol. The number of aryl methyl sites for hydroxylation is 2. The lowest BCUT2D eigenvalue weighted by Gasteiger charge is -2.25. The van der Waals surface area contributed by atoms with E-state index in [-0.39, 0.29) is 0 Å². The van der Waals surface area contributed by atoms with Crippen molar-refractivity contribution >= 4 is 5.82 Å². The molecular formula is C17H27N3. The van der Waals surface area contributed by atoms with E-state index in [1.807, 2.05) is 0 Å². The zero-order chi connectivity index (χ0) is 14.1. The monoisotopic (exact) mass is 273 g/mol. The van der Waals surface area contributed by atoms with Crippen molar-refractivity contribution in [3.8, 4) is 0 Å². The van der Waals surface area contributed by atoms with Crippen LogP contribution in [0, 0.1) is 11.8 Å². The molecule has 3 nitrogen and oxygen atoms in total. The Kier molecular flexibility index (Phi) is 3.97. The van der Waals surface area contributed by atoms with Gasteiger partial charge in [-0.25, -0.2) is 4.98 Å². The molecule has 0 spiro atoms. The molecule has 1 atom stereocenters. The van der Waals surface area contributed by atoms with Crippen LogP contribution in [0.15, 0.2) is 6.07 Å². The van der Waals surface area contributed by atoms with Gasteiger partial charge in [-0.15, -0.1) is 0 Å². The Morgan fingerprint density at radius 2 is 2.15 bits per heavy atom.